The Hall–Kier alpha value is -2.91. The zero-order chi connectivity index (χ0) is 21.0. The van der Waals surface area contributed by atoms with E-state index >= 15 is 0 Å². The number of amides is 1. The molecule has 1 saturated heterocycles. The third-order valence-corrected chi connectivity index (χ3v) is 5.73. The molecule has 158 valence electrons. The number of alkyl halides is 3. The number of likely N-dealkylation sites (tertiary alicyclic amines) is 1. The van der Waals surface area contributed by atoms with Gasteiger partial charge in [-0.1, -0.05) is 10.3 Å². The molecule has 1 aliphatic carbocycles. The topological polar surface area (TPSA) is 85.3 Å². The molecule has 1 saturated carbocycles. The van der Waals surface area contributed by atoms with Crippen molar-refractivity contribution in [1.82, 2.24) is 20.2 Å². The van der Waals surface area contributed by atoms with Crippen molar-refractivity contribution in [3.05, 3.63) is 40.5 Å². The van der Waals surface area contributed by atoms with Gasteiger partial charge in [0.15, 0.2) is 5.69 Å². The largest absolute Gasteiger partial charge is 0.417 e. The molecule has 3 aromatic heterocycles. The number of rotatable bonds is 3. The summed E-state index contributed by atoms with van der Waals surface area (Å²) in [6.07, 6.45) is -1.26. The second kappa shape index (κ2) is 6.82. The van der Waals surface area contributed by atoms with Crippen LogP contribution >= 0.6 is 0 Å². The molecule has 4 heterocycles. The molecule has 0 spiro atoms. The van der Waals surface area contributed by atoms with Gasteiger partial charge in [-0.25, -0.2) is 4.98 Å². The van der Waals surface area contributed by atoms with Crippen LogP contribution in [-0.2, 0) is 6.18 Å². The molecular weight excluding hydrogens is 401 g/mol. The fraction of sp³-hybridized carbons (Fsp3) is 0.500. The molecule has 0 N–H and O–H groups in total. The molecule has 3 aromatic rings. The Morgan fingerprint density at radius 2 is 1.93 bits per heavy atom. The summed E-state index contributed by atoms with van der Waals surface area (Å²) in [5.74, 6) is 0.384. The zero-order valence-electron chi connectivity index (χ0n) is 16.2. The fourth-order valence-corrected chi connectivity index (χ4v) is 4.10. The molecule has 1 aliphatic heterocycles. The first kappa shape index (κ1) is 19.1. The number of hydrogen-bond donors (Lipinski definition) is 0. The van der Waals surface area contributed by atoms with Crippen molar-refractivity contribution in [2.45, 2.75) is 50.6 Å². The van der Waals surface area contributed by atoms with Crippen LogP contribution in [0.3, 0.4) is 0 Å². The van der Waals surface area contributed by atoms with Crippen molar-refractivity contribution < 1.29 is 27.0 Å². The molecular formula is C20H19F3N4O3. The molecule has 2 aliphatic rings. The van der Waals surface area contributed by atoms with Gasteiger partial charge in [-0.2, -0.15) is 13.2 Å². The van der Waals surface area contributed by atoms with Gasteiger partial charge >= 0.3 is 6.18 Å². The van der Waals surface area contributed by atoms with E-state index < -0.39 is 11.7 Å². The Morgan fingerprint density at radius 1 is 1.13 bits per heavy atom. The number of carbonyl (C=O) groups excluding carboxylic acids is 1. The lowest BCUT2D eigenvalue weighted by Crippen LogP contribution is -2.39. The molecule has 0 radical (unpaired) electrons. The number of hydrogen-bond acceptors (Lipinski definition) is 6. The van der Waals surface area contributed by atoms with Gasteiger partial charge in [-0.3, -0.25) is 4.79 Å². The lowest BCUT2D eigenvalue weighted by molar-refractivity contribution is -0.136. The van der Waals surface area contributed by atoms with Crippen molar-refractivity contribution in [2.75, 3.05) is 13.1 Å². The lowest BCUT2D eigenvalue weighted by Gasteiger charge is -2.31. The van der Waals surface area contributed by atoms with Crippen LogP contribution in [0.15, 0.2) is 21.2 Å². The van der Waals surface area contributed by atoms with Crippen LogP contribution < -0.4 is 0 Å². The average molecular weight is 420 g/mol. The highest BCUT2D eigenvalue weighted by atomic mass is 19.4. The van der Waals surface area contributed by atoms with Gasteiger partial charge in [0, 0.05) is 36.7 Å². The van der Waals surface area contributed by atoms with E-state index in [-0.39, 0.29) is 46.6 Å². The molecule has 5 rings (SSSR count). The summed E-state index contributed by atoms with van der Waals surface area (Å²) in [6.45, 7) is 2.21. The van der Waals surface area contributed by atoms with E-state index in [1.54, 1.807) is 11.0 Å². The fourth-order valence-electron chi connectivity index (χ4n) is 4.10. The number of pyridine rings is 1. The van der Waals surface area contributed by atoms with E-state index in [1.807, 2.05) is 0 Å². The van der Waals surface area contributed by atoms with Gasteiger partial charge in [0.1, 0.15) is 5.76 Å². The summed E-state index contributed by atoms with van der Waals surface area (Å²) in [6, 6.07) is 2.67. The highest BCUT2D eigenvalue weighted by Crippen LogP contribution is 2.41. The Labute approximate surface area is 169 Å². The highest BCUT2D eigenvalue weighted by molar-refractivity contribution is 5.92. The number of aryl methyl sites for hydroxylation is 1. The minimum Gasteiger partial charge on any atom is -0.360 e. The first-order valence-electron chi connectivity index (χ1n) is 9.91. The second-order valence-electron chi connectivity index (χ2n) is 8.04. The summed E-state index contributed by atoms with van der Waals surface area (Å²) >= 11 is 0. The molecule has 10 heteroatoms. The predicted molar refractivity (Wildman–Crippen MR) is 97.9 cm³/mol. The molecule has 1 atom stereocenters. The van der Waals surface area contributed by atoms with E-state index in [9.17, 15) is 18.0 Å². The second-order valence-corrected chi connectivity index (χ2v) is 8.04. The molecule has 7 nitrogen and oxygen atoms in total. The van der Waals surface area contributed by atoms with Crippen LogP contribution in [0.1, 0.15) is 70.7 Å². The van der Waals surface area contributed by atoms with Crippen LogP contribution in [0.2, 0.25) is 0 Å². The van der Waals surface area contributed by atoms with Crippen molar-refractivity contribution in [3.8, 4) is 0 Å². The first-order valence-corrected chi connectivity index (χ1v) is 9.91. The average Bonchev–Trinajstić information content (AvgIpc) is 3.29. The molecule has 1 amide bonds. The predicted octanol–water partition coefficient (Wildman–Crippen LogP) is 4.44. The number of aromatic nitrogens is 3. The van der Waals surface area contributed by atoms with Crippen molar-refractivity contribution in [2.24, 2.45) is 0 Å². The summed E-state index contributed by atoms with van der Waals surface area (Å²) in [4.78, 5) is 18.5. The summed E-state index contributed by atoms with van der Waals surface area (Å²) < 4.78 is 51.3. The standard InChI is InChI=1S/C20H19F3N4O3/c1-10-7-13(20(21,22)23)16-17(26-30-18(16)24-10)12-3-2-6-27(9-12)19(28)14-8-15(29-25-14)11-4-5-11/h7-8,11-12H,2-6,9H2,1H3/t12-/m1/s1. The van der Waals surface area contributed by atoms with Crippen LogP contribution in [-0.4, -0.2) is 39.2 Å². The SMILES string of the molecule is Cc1cc(C(F)(F)F)c2c([C@@H]3CCCN(C(=O)c4cc(C5CC5)on4)C3)noc2n1. The van der Waals surface area contributed by atoms with Gasteiger partial charge in [0.05, 0.1) is 16.6 Å². The number of nitrogens with zero attached hydrogens (tertiary/aromatic N) is 4. The summed E-state index contributed by atoms with van der Waals surface area (Å²) in [7, 11) is 0. The van der Waals surface area contributed by atoms with Gasteiger partial charge in [0.25, 0.3) is 11.6 Å². The van der Waals surface area contributed by atoms with Crippen LogP contribution in [0.25, 0.3) is 11.1 Å². The number of carbonyl (C=O) groups is 1. The normalized spacial score (nSPS) is 20.1. The maximum absolute atomic E-state index is 13.6. The van der Waals surface area contributed by atoms with E-state index in [1.165, 1.54) is 6.92 Å². The molecule has 0 bridgehead atoms. The third kappa shape index (κ3) is 3.33. The quantitative estimate of drug-likeness (QED) is 0.623. The summed E-state index contributed by atoms with van der Waals surface area (Å²) in [5, 5.41) is 7.69. The smallest absolute Gasteiger partial charge is 0.360 e. The zero-order valence-corrected chi connectivity index (χ0v) is 16.2. The van der Waals surface area contributed by atoms with E-state index in [0.29, 0.717) is 31.1 Å². The van der Waals surface area contributed by atoms with E-state index in [0.717, 1.165) is 18.9 Å². The monoisotopic (exact) mass is 420 g/mol. The first-order chi connectivity index (χ1) is 14.3. The minimum absolute atomic E-state index is 0.121. The minimum atomic E-state index is -4.56. The lowest BCUT2D eigenvalue weighted by atomic mass is 9.91. The third-order valence-electron chi connectivity index (χ3n) is 5.73. The van der Waals surface area contributed by atoms with Crippen LogP contribution in [0.5, 0.6) is 0 Å². The van der Waals surface area contributed by atoms with Gasteiger partial charge in [-0.05, 0) is 38.7 Å². The maximum Gasteiger partial charge on any atom is 0.417 e. The van der Waals surface area contributed by atoms with Gasteiger partial charge in [-0.15, -0.1) is 0 Å². The maximum atomic E-state index is 13.6. The van der Waals surface area contributed by atoms with E-state index in [4.69, 9.17) is 9.05 Å². The Balaban J connectivity index is 1.44. The van der Waals surface area contributed by atoms with Gasteiger partial charge < -0.3 is 13.9 Å². The van der Waals surface area contributed by atoms with Crippen molar-refractivity contribution in [3.63, 3.8) is 0 Å². The van der Waals surface area contributed by atoms with E-state index in [2.05, 4.69) is 15.3 Å². The van der Waals surface area contributed by atoms with Crippen molar-refractivity contribution >= 4 is 17.0 Å². The number of piperidine rings is 1. The number of halogens is 3. The molecule has 30 heavy (non-hydrogen) atoms. The highest BCUT2D eigenvalue weighted by Gasteiger charge is 2.38. The molecule has 0 unspecified atom stereocenters. The van der Waals surface area contributed by atoms with Gasteiger partial charge in [0.2, 0.25) is 0 Å². The molecule has 0 aromatic carbocycles. The molecule has 2 fully saturated rings. The number of fused-ring (bicyclic) bond motifs is 1. The van der Waals surface area contributed by atoms with Crippen molar-refractivity contribution in [1.29, 1.82) is 0 Å². The Kier molecular flexibility index (Phi) is 4.33. The van der Waals surface area contributed by atoms with Crippen LogP contribution in [0, 0.1) is 6.92 Å². The van der Waals surface area contributed by atoms with Crippen LogP contribution in [0.4, 0.5) is 13.2 Å². The summed E-state index contributed by atoms with van der Waals surface area (Å²) in [5.41, 5.74) is -0.311. The Bertz CT molecular complexity index is 1120. The Morgan fingerprint density at radius 3 is 2.67 bits per heavy atom.